The average Bonchev–Trinajstić information content (AvgIpc) is 3.24. The molecule has 0 aliphatic carbocycles. The summed E-state index contributed by atoms with van der Waals surface area (Å²) in [5.74, 6) is 1.96. The van der Waals surface area contributed by atoms with Crippen molar-refractivity contribution in [2.45, 2.75) is 44.5 Å². The molecule has 25 heavy (non-hydrogen) atoms. The molecule has 0 bridgehead atoms. The number of aryl methyl sites for hydroxylation is 2. The quantitative estimate of drug-likeness (QED) is 0.821. The Kier molecular flexibility index (Phi) is 4.64. The largest absolute Gasteiger partial charge is 0.333 e. The number of carbonyl (C=O) groups excluding carboxylic acids is 1. The number of thioether (sulfide) groups is 1. The van der Waals surface area contributed by atoms with Gasteiger partial charge in [0.15, 0.2) is 0 Å². The van der Waals surface area contributed by atoms with Crippen LogP contribution in [0.4, 0.5) is 0 Å². The van der Waals surface area contributed by atoms with Crippen LogP contribution in [0, 0.1) is 6.92 Å². The van der Waals surface area contributed by atoms with Gasteiger partial charge in [-0.3, -0.25) is 9.59 Å². The van der Waals surface area contributed by atoms with E-state index in [2.05, 4.69) is 10.1 Å². The second-order valence-electron chi connectivity index (χ2n) is 6.50. The monoisotopic (exact) mass is 376 g/mol. The zero-order valence-corrected chi connectivity index (χ0v) is 15.7. The highest BCUT2D eigenvalue weighted by Crippen LogP contribution is 2.25. The summed E-state index contributed by atoms with van der Waals surface area (Å²) in [5.41, 5.74) is 4.53. The molecule has 0 spiro atoms. The summed E-state index contributed by atoms with van der Waals surface area (Å²) >= 11 is 3.23. The lowest BCUT2D eigenvalue weighted by atomic mass is 10.2. The Bertz CT molecular complexity index is 861. The molecule has 2 aromatic rings. The summed E-state index contributed by atoms with van der Waals surface area (Å²) in [5, 5.41) is 4.59. The molecule has 8 heteroatoms. The maximum Gasteiger partial charge on any atom is 0.267 e. The van der Waals surface area contributed by atoms with Gasteiger partial charge in [-0.1, -0.05) is 0 Å². The Morgan fingerprint density at radius 3 is 3.12 bits per heavy atom. The minimum absolute atomic E-state index is 0.0233. The van der Waals surface area contributed by atoms with E-state index in [1.165, 1.54) is 11.3 Å². The van der Waals surface area contributed by atoms with Crippen molar-refractivity contribution in [3.8, 4) is 0 Å². The van der Waals surface area contributed by atoms with Crippen LogP contribution < -0.4 is 5.56 Å². The second kappa shape index (κ2) is 6.92. The fourth-order valence-electron chi connectivity index (χ4n) is 3.51. The van der Waals surface area contributed by atoms with Crippen LogP contribution in [0.25, 0.3) is 0 Å². The summed E-state index contributed by atoms with van der Waals surface area (Å²) in [4.78, 5) is 32.0. The Hall–Kier alpha value is -1.67. The molecular weight excluding hydrogens is 356 g/mol. The first kappa shape index (κ1) is 16.8. The van der Waals surface area contributed by atoms with Crippen molar-refractivity contribution >= 4 is 29.0 Å². The summed E-state index contributed by atoms with van der Waals surface area (Å²) < 4.78 is 1.56. The van der Waals surface area contributed by atoms with Crippen molar-refractivity contribution in [2.75, 3.05) is 12.3 Å². The zero-order valence-electron chi connectivity index (χ0n) is 14.1. The Morgan fingerprint density at radius 1 is 1.44 bits per heavy atom. The third kappa shape index (κ3) is 3.25. The normalized spacial score (nSPS) is 19.9. The minimum Gasteiger partial charge on any atom is -0.333 e. The molecule has 132 valence electrons. The van der Waals surface area contributed by atoms with E-state index in [-0.39, 0.29) is 17.5 Å². The molecular formula is C17H20N4O2S2. The Labute approximate surface area is 154 Å². The van der Waals surface area contributed by atoms with Gasteiger partial charge in [-0.15, -0.1) is 11.3 Å². The molecule has 1 fully saturated rings. The topological polar surface area (TPSA) is 68.1 Å². The summed E-state index contributed by atoms with van der Waals surface area (Å²) in [6, 6.07) is 1.75. The van der Waals surface area contributed by atoms with Crippen LogP contribution in [0.15, 0.2) is 16.4 Å². The van der Waals surface area contributed by atoms with Crippen molar-refractivity contribution in [3.05, 3.63) is 43.8 Å². The van der Waals surface area contributed by atoms with Gasteiger partial charge in [-0.05, 0) is 31.1 Å². The molecule has 0 N–H and O–H groups in total. The first-order valence-corrected chi connectivity index (χ1v) is 10.6. The first-order chi connectivity index (χ1) is 12.1. The van der Waals surface area contributed by atoms with E-state index < -0.39 is 0 Å². The third-order valence-electron chi connectivity index (χ3n) is 4.87. The molecule has 0 saturated carbocycles. The van der Waals surface area contributed by atoms with Crippen molar-refractivity contribution in [1.82, 2.24) is 19.7 Å². The van der Waals surface area contributed by atoms with Crippen LogP contribution in [0.1, 0.15) is 39.5 Å². The number of hydrogen-bond acceptors (Lipinski definition) is 6. The molecule has 1 saturated heterocycles. The van der Waals surface area contributed by atoms with Gasteiger partial charge in [0.25, 0.3) is 11.5 Å². The standard InChI is InChI=1S/C17H20N4O2S2/c1-11-16(25-10-18-11)17(23)20-5-2-3-13(20)8-21-15(22)7-12-9-24-6-4-14(12)19-21/h7,10,13H,2-6,8-9H2,1H3. The number of nitrogens with zero attached hydrogens (tertiary/aromatic N) is 4. The van der Waals surface area contributed by atoms with E-state index in [0.717, 1.165) is 54.3 Å². The Balaban J connectivity index is 1.57. The third-order valence-corrected chi connectivity index (χ3v) is 6.79. The van der Waals surface area contributed by atoms with Gasteiger partial charge in [0.05, 0.1) is 29.5 Å². The van der Waals surface area contributed by atoms with Crippen molar-refractivity contribution in [3.63, 3.8) is 0 Å². The van der Waals surface area contributed by atoms with E-state index in [1.54, 1.807) is 16.3 Å². The highest BCUT2D eigenvalue weighted by molar-refractivity contribution is 7.98. The summed E-state index contributed by atoms with van der Waals surface area (Å²) in [6.07, 6.45) is 2.78. The lowest BCUT2D eigenvalue weighted by molar-refractivity contribution is 0.0724. The lowest BCUT2D eigenvalue weighted by Gasteiger charge is -2.25. The molecule has 4 rings (SSSR count). The second-order valence-corrected chi connectivity index (χ2v) is 8.46. The fourth-order valence-corrected chi connectivity index (χ4v) is 5.22. The van der Waals surface area contributed by atoms with E-state index in [4.69, 9.17) is 0 Å². The van der Waals surface area contributed by atoms with Crippen LogP contribution in [0.3, 0.4) is 0 Å². The van der Waals surface area contributed by atoms with E-state index in [9.17, 15) is 9.59 Å². The molecule has 2 aliphatic rings. The maximum absolute atomic E-state index is 12.8. The lowest BCUT2D eigenvalue weighted by Crippen LogP contribution is -2.41. The van der Waals surface area contributed by atoms with Crippen LogP contribution in [0.5, 0.6) is 0 Å². The van der Waals surface area contributed by atoms with E-state index in [0.29, 0.717) is 11.4 Å². The highest BCUT2D eigenvalue weighted by atomic mass is 32.2. The number of thiazole rings is 1. The summed E-state index contributed by atoms with van der Waals surface area (Å²) in [7, 11) is 0. The van der Waals surface area contributed by atoms with Crippen LogP contribution in [-0.2, 0) is 18.7 Å². The predicted octanol–water partition coefficient (Wildman–Crippen LogP) is 2.10. The Morgan fingerprint density at radius 2 is 2.32 bits per heavy atom. The van der Waals surface area contributed by atoms with E-state index >= 15 is 0 Å². The minimum atomic E-state index is -0.0606. The van der Waals surface area contributed by atoms with Gasteiger partial charge in [-0.25, -0.2) is 9.67 Å². The molecule has 1 unspecified atom stereocenters. The molecule has 0 radical (unpaired) electrons. The predicted molar refractivity (Wildman–Crippen MR) is 99.3 cm³/mol. The highest BCUT2D eigenvalue weighted by Gasteiger charge is 2.32. The average molecular weight is 377 g/mol. The van der Waals surface area contributed by atoms with Gasteiger partial charge in [0.1, 0.15) is 4.88 Å². The molecule has 4 heterocycles. The van der Waals surface area contributed by atoms with Gasteiger partial charge in [0, 0.05) is 24.8 Å². The first-order valence-electron chi connectivity index (χ1n) is 8.52. The smallest absolute Gasteiger partial charge is 0.267 e. The molecule has 1 atom stereocenters. The van der Waals surface area contributed by atoms with Crippen molar-refractivity contribution < 1.29 is 4.79 Å². The number of amides is 1. The van der Waals surface area contributed by atoms with Gasteiger partial charge < -0.3 is 4.90 Å². The number of likely N-dealkylation sites (tertiary alicyclic amines) is 1. The van der Waals surface area contributed by atoms with Crippen LogP contribution in [-0.4, -0.2) is 43.9 Å². The maximum atomic E-state index is 12.8. The SMILES string of the molecule is Cc1ncsc1C(=O)N1CCCC1Cn1nc2c(cc1=O)CSCC2. The van der Waals surface area contributed by atoms with Crippen molar-refractivity contribution in [1.29, 1.82) is 0 Å². The number of rotatable bonds is 3. The molecule has 1 amide bonds. The van der Waals surface area contributed by atoms with Gasteiger partial charge >= 0.3 is 0 Å². The molecule has 2 aliphatic heterocycles. The van der Waals surface area contributed by atoms with Gasteiger partial charge in [0.2, 0.25) is 0 Å². The molecule has 6 nitrogen and oxygen atoms in total. The number of hydrogen-bond donors (Lipinski definition) is 0. The van der Waals surface area contributed by atoms with Gasteiger partial charge in [-0.2, -0.15) is 16.9 Å². The van der Waals surface area contributed by atoms with Crippen LogP contribution in [0.2, 0.25) is 0 Å². The van der Waals surface area contributed by atoms with Crippen molar-refractivity contribution in [2.24, 2.45) is 0 Å². The zero-order chi connectivity index (χ0) is 17.4. The number of fused-ring (bicyclic) bond motifs is 1. The molecule has 0 aromatic carbocycles. The fraction of sp³-hybridized carbons (Fsp3) is 0.529. The van der Waals surface area contributed by atoms with E-state index in [1.807, 2.05) is 23.6 Å². The summed E-state index contributed by atoms with van der Waals surface area (Å²) in [6.45, 7) is 3.07. The number of carbonyl (C=O) groups is 1. The number of aromatic nitrogens is 3. The molecule has 2 aromatic heterocycles. The van der Waals surface area contributed by atoms with Crippen LogP contribution >= 0.6 is 23.1 Å².